The van der Waals surface area contributed by atoms with Crippen LogP contribution in [0, 0.1) is 5.92 Å². The van der Waals surface area contributed by atoms with Gasteiger partial charge in [0, 0.05) is 55.2 Å². The van der Waals surface area contributed by atoms with Gasteiger partial charge in [0.1, 0.15) is 0 Å². The van der Waals surface area contributed by atoms with Gasteiger partial charge in [-0.15, -0.1) is 0 Å². The second-order valence-electron chi connectivity index (χ2n) is 7.06. The molecule has 4 heteroatoms. The number of nitrogens with one attached hydrogen (secondary N) is 1. The van der Waals surface area contributed by atoms with E-state index in [0.29, 0.717) is 13.2 Å². The third-order valence-corrected chi connectivity index (χ3v) is 5.51. The van der Waals surface area contributed by atoms with Gasteiger partial charge in [-0.2, -0.15) is 0 Å². The van der Waals surface area contributed by atoms with Crippen LogP contribution >= 0.6 is 0 Å². The molecule has 0 unspecified atom stereocenters. The van der Waals surface area contributed by atoms with Gasteiger partial charge >= 0.3 is 0 Å². The average molecular weight is 312 g/mol. The molecule has 2 heterocycles. The van der Waals surface area contributed by atoms with Crippen molar-refractivity contribution in [3.63, 3.8) is 0 Å². The first-order valence-corrected chi connectivity index (χ1v) is 8.60. The van der Waals surface area contributed by atoms with Crippen LogP contribution in [0.2, 0.25) is 0 Å². The van der Waals surface area contributed by atoms with E-state index in [-0.39, 0.29) is 17.2 Å². The van der Waals surface area contributed by atoms with E-state index in [1.807, 2.05) is 0 Å². The summed E-state index contributed by atoms with van der Waals surface area (Å²) < 4.78 is 7.54. The van der Waals surface area contributed by atoms with E-state index in [4.69, 9.17) is 4.74 Å². The maximum atomic E-state index is 12.4. The highest BCUT2D eigenvalue weighted by molar-refractivity contribution is 5.86. The van der Waals surface area contributed by atoms with Gasteiger partial charge in [-0.1, -0.05) is 18.2 Å². The number of carbonyl (C=O) groups excluding carboxylic acids is 1. The summed E-state index contributed by atoms with van der Waals surface area (Å²) in [5, 5.41) is 4.55. The molecule has 1 saturated carbocycles. The van der Waals surface area contributed by atoms with Crippen LogP contribution in [0.3, 0.4) is 0 Å². The highest BCUT2D eigenvalue weighted by atomic mass is 16.5. The number of fused-ring (bicyclic) bond motifs is 1. The predicted molar refractivity (Wildman–Crippen MR) is 90.4 cm³/mol. The van der Waals surface area contributed by atoms with E-state index in [0.717, 1.165) is 32.2 Å². The van der Waals surface area contributed by atoms with Crippen LogP contribution in [0.4, 0.5) is 0 Å². The largest absolute Gasteiger partial charge is 0.381 e. The molecule has 2 aliphatic rings. The van der Waals surface area contributed by atoms with Crippen molar-refractivity contribution in [2.75, 3.05) is 19.8 Å². The Hall–Kier alpha value is -1.81. The van der Waals surface area contributed by atoms with Gasteiger partial charge in [0.2, 0.25) is 5.91 Å². The SMILES string of the molecule is Cn1cc(C2(CNC(=O)C3CCOCC3)CC2)c2ccccc21. The fourth-order valence-corrected chi connectivity index (χ4v) is 3.82. The standard InChI is InChI=1S/C19H24N2O2/c1-21-12-16(15-4-2-3-5-17(15)21)19(8-9-19)13-20-18(22)14-6-10-23-11-7-14/h2-5,12,14H,6-11,13H2,1H3,(H,20,22). The molecule has 23 heavy (non-hydrogen) atoms. The highest BCUT2D eigenvalue weighted by Gasteiger charge is 2.46. The van der Waals surface area contributed by atoms with Crippen molar-refractivity contribution >= 4 is 16.8 Å². The van der Waals surface area contributed by atoms with Crippen LogP contribution in [0.15, 0.2) is 30.5 Å². The van der Waals surface area contributed by atoms with Gasteiger partial charge in [0.05, 0.1) is 0 Å². The summed E-state index contributed by atoms with van der Waals surface area (Å²) >= 11 is 0. The molecule has 2 aromatic rings. The lowest BCUT2D eigenvalue weighted by Gasteiger charge is -2.23. The van der Waals surface area contributed by atoms with E-state index in [1.165, 1.54) is 16.5 Å². The Morgan fingerprint density at radius 2 is 2.04 bits per heavy atom. The van der Waals surface area contributed by atoms with Crippen molar-refractivity contribution in [1.29, 1.82) is 0 Å². The molecule has 4 nitrogen and oxygen atoms in total. The third-order valence-electron chi connectivity index (χ3n) is 5.51. The monoisotopic (exact) mass is 312 g/mol. The van der Waals surface area contributed by atoms with Gasteiger partial charge in [0.25, 0.3) is 0 Å². The maximum absolute atomic E-state index is 12.4. The van der Waals surface area contributed by atoms with Gasteiger partial charge < -0.3 is 14.6 Å². The molecule has 1 saturated heterocycles. The lowest BCUT2D eigenvalue weighted by molar-refractivity contribution is -0.127. The fraction of sp³-hybridized carbons (Fsp3) is 0.526. The van der Waals surface area contributed by atoms with Crippen LogP contribution in [-0.2, 0) is 22.0 Å². The molecule has 122 valence electrons. The molecule has 0 atom stereocenters. The molecule has 0 bridgehead atoms. The molecule has 1 aliphatic heterocycles. The zero-order chi connectivity index (χ0) is 15.9. The number of benzene rings is 1. The van der Waals surface area contributed by atoms with Crippen LogP contribution in [-0.4, -0.2) is 30.2 Å². The zero-order valence-corrected chi connectivity index (χ0v) is 13.7. The van der Waals surface area contributed by atoms with Crippen LogP contribution < -0.4 is 5.32 Å². The van der Waals surface area contributed by atoms with Crippen LogP contribution in [0.5, 0.6) is 0 Å². The quantitative estimate of drug-likeness (QED) is 0.943. The van der Waals surface area contributed by atoms with Crippen LogP contribution in [0.25, 0.3) is 10.9 Å². The number of ether oxygens (including phenoxy) is 1. The highest BCUT2D eigenvalue weighted by Crippen LogP contribution is 2.50. The van der Waals surface area contributed by atoms with Crippen molar-refractivity contribution in [2.24, 2.45) is 13.0 Å². The summed E-state index contributed by atoms with van der Waals surface area (Å²) in [6.45, 7) is 2.19. The van der Waals surface area contributed by atoms with Crippen LogP contribution in [0.1, 0.15) is 31.2 Å². The molecule has 0 spiro atoms. The number of amides is 1. The van der Waals surface area contributed by atoms with Gasteiger partial charge in [-0.05, 0) is 37.3 Å². The topological polar surface area (TPSA) is 43.3 Å². The molecule has 1 amide bonds. The number of nitrogens with zero attached hydrogens (tertiary/aromatic N) is 1. The minimum Gasteiger partial charge on any atom is -0.381 e. The summed E-state index contributed by atoms with van der Waals surface area (Å²) in [5.41, 5.74) is 2.80. The van der Waals surface area contributed by atoms with E-state index in [1.54, 1.807) is 0 Å². The first-order valence-electron chi connectivity index (χ1n) is 8.60. The van der Waals surface area contributed by atoms with E-state index >= 15 is 0 Å². The van der Waals surface area contributed by atoms with E-state index in [9.17, 15) is 4.79 Å². The Balaban J connectivity index is 1.51. The molecule has 0 radical (unpaired) electrons. The molecule has 1 aromatic heterocycles. The second-order valence-corrected chi connectivity index (χ2v) is 7.06. The Morgan fingerprint density at radius 3 is 2.78 bits per heavy atom. The van der Waals surface area contributed by atoms with E-state index < -0.39 is 0 Å². The van der Waals surface area contributed by atoms with E-state index in [2.05, 4.69) is 47.4 Å². The van der Waals surface area contributed by atoms with Crippen molar-refractivity contribution in [1.82, 2.24) is 9.88 Å². The number of para-hydroxylation sites is 1. The number of rotatable bonds is 4. The average Bonchev–Trinajstić information content (AvgIpc) is 3.32. The van der Waals surface area contributed by atoms with Crippen molar-refractivity contribution in [2.45, 2.75) is 31.1 Å². The Labute approximate surface area is 136 Å². The molecular formula is C19H24N2O2. The summed E-state index contributed by atoms with van der Waals surface area (Å²) in [5.74, 6) is 0.340. The Kier molecular flexibility index (Phi) is 3.64. The number of carbonyl (C=O) groups is 1. The van der Waals surface area contributed by atoms with Gasteiger partial charge in [-0.3, -0.25) is 4.79 Å². The summed E-state index contributed by atoms with van der Waals surface area (Å²) in [6.07, 6.45) is 6.28. The van der Waals surface area contributed by atoms with Gasteiger partial charge in [0.15, 0.2) is 0 Å². The zero-order valence-electron chi connectivity index (χ0n) is 13.7. The molecular weight excluding hydrogens is 288 g/mol. The molecule has 1 aromatic carbocycles. The third kappa shape index (κ3) is 2.65. The van der Waals surface area contributed by atoms with Crippen molar-refractivity contribution in [3.8, 4) is 0 Å². The minimum absolute atomic E-state index is 0.132. The number of hydrogen-bond donors (Lipinski definition) is 1. The fourth-order valence-electron chi connectivity index (χ4n) is 3.82. The van der Waals surface area contributed by atoms with Crippen molar-refractivity contribution < 1.29 is 9.53 Å². The Bertz CT molecular complexity index is 724. The summed E-state index contributed by atoms with van der Waals surface area (Å²) in [6, 6.07) is 8.54. The molecule has 4 rings (SSSR count). The normalized spacial score (nSPS) is 20.6. The number of aromatic nitrogens is 1. The predicted octanol–water partition coefficient (Wildman–Crippen LogP) is 2.75. The van der Waals surface area contributed by atoms with Crippen molar-refractivity contribution in [3.05, 3.63) is 36.0 Å². The first kappa shape index (κ1) is 14.8. The maximum Gasteiger partial charge on any atom is 0.223 e. The number of hydrogen-bond acceptors (Lipinski definition) is 2. The first-order chi connectivity index (χ1) is 11.2. The second kappa shape index (κ2) is 5.68. The Morgan fingerprint density at radius 1 is 1.30 bits per heavy atom. The lowest BCUT2D eigenvalue weighted by Crippen LogP contribution is -2.38. The summed E-state index contributed by atoms with van der Waals surface area (Å²) in [4.78, 5) is 12.4. The summed E-state index contributed by atoms with van der Waals surface area (Å²) in [7, 11) is 2.10. The number of aryl methyl sites for hydroxylation is 1. The molecule has 2 fully saturated rings. The van der Waals surface area contributed by atoms with Gasteiger partial charge in [-0.25, -0.2) is 0 Å². The minimum atomic E-state index is 0.132. The molecule has 1 N–H and O–H groups in total. The smallest absolute Gasteiger partial charge is 0.223 e. The lowest BCUT2D eigenvalue weighted by atomic mass is 9.94. The molecule has 1 aliphatic carbocycles.